The van der Waals surface area contributed by atoms with Crippen molar-refractivity contribution in [2.24, 2.45) is 5.73 Å². The second kappa shape index (κ2) is 4.20. The Morgan fingerprint density at radius 1 is 1.19 bits per heavy atom. The summed E-state index contributed by atoms with van der Waals surface area (Å²) >= 11 is 0. The average Bonchev–Trinajstić information content (AvgIpc) is 2.42. The molecule has 0 atom stereocenters. The van der Waals surface area contributed by atoms with E-state index in [1.165, 1.54) is 6.07 Å². The number of fused-ring (bicyclic) bond motifs is 1. The van der Waals surface area contributed by atoms with Crippen molar-refractivity contribution < 1.29 is 13.6 Å². The van der Waals surface area contributed by atoms with Gasteiger partial charge in [0, 0.05) is 0 Å². The van der Waals surface area contributed by atoms with E-state index in [9.17, 15) is 13.6 Å². The first-order valence-corrected chi connectivity index (χ1v) is 5.41. The summed E-state index contributed by atoms with van der Waals surface area (Å²) in [6, 6.07) is 1.25. The molecule has 2 N–H and O–H groups in total. The lowest BCUT2D eigenvalue weighted by atomic mass is 9.98. The molecule has 0 bridgehead atoms. The quantitative estimate of drug-likeness (QED) is 0.732. The lowest BCUT2D eigenvalue weighted by Gasteiger charge is -2.10. The van der Waals surface area contributed by atoms with Gasteiger partial charge in [-0.3, -0.25) is 4.79 Å². The van der Waals surface area contributed by atoms with Crippen LogP contribution in [0.2, 0.25) is 0 Å². The number of nitrogens with two attached hydrogens (primary N) is 1. The minimum Gasteiger partial charge on any atom is -0.365 e. The van der Waals surface area contributed by atoms with Crippen LogP contribution in [0.25, 0.3) is 0 Å². The Morgan fingerprint density at radius 2 is 1.88 bits per heavy atom. The molecule has 0 saturated heterocycles. The van der Waals surface area contributed by atoms with E-state index in [0.29, 0.717) is 24.0 Å². The van der Waals surface area contributed by atoms with E-state index in [0.717, 1.165) is 19.3 Å². The van der Waals surface area contributed by atoms with E-state index in [1.807, 2.05) is 0 Å². The second-order valence-electron chi connectivity index (χ2n) is 4.11. The summed E-state index contributed by atoms with van der Waals surface area (Å²) in [5, 5.41) is 0. The zero-order valence-corrected chi connectivity index (χ0v) is 8.85. The molecule has 2 nitrogen and oxygen atoms in total. The van der Waals surface area contributed by atoms with E-state index in [2.05, 4.69) is 0 Å². The molecule has 0 unspecified atom stereocenters. The molecule has 0 fully saturated rings. The molecule has 0 aliphatic heterocycles. The van der Waals surface area contributed by atoms with Crippen molar-refractivity contribution in [3.8, 4) is 0 Å². The van der Waals surface area contributed by atoms with Gasteiger partial charge in [-0.25, -0.2) is 8.78 Å². The van der Waals surface area contributed by atoms with E-state index in [1.54, 1.807) is 0 Å². The minimum absolute atomic E-state index is 0.465. The minimum atomic E-state index is -1.04. The number of amides is 1. The predicted molar refractivity (Wildman–Crippen MR) is 56.1 cm³/mol. The first kappa shape index (κ1) is 11.0. The molecule has 86 valence electrons. The maximum atomic E-state index is 13.9. The molecule has 0 heterocycles. The Bertz CT molecular complexity index is 443. The van der Waals surface area contributed by atoms with Crippen LogP contribution < -0.4 is 5.73 Å². The lowest BCUT2D eigenvalue weighted by Crippen LogP contribution is -2.17. The zero-order chi connectivity index (χ0) is 11.7. The van der Waals surface area contributed by atoms with Gasteiger partial charge in [0.15, 0.2) is 0 Å². The van der Waals surface area contributed by atoms with E-state index in [-0.39, 0.29) is 0 Å². The molecule has 16 heavy (non-hydrogen) atoms. The summed E-state index contributed by atoms with van der Waals surface area (Å²) in [6.07, 6.45) is 4.03. The highest BCUT2D eigenvalue weighted by molar-refractivity contribution is 5.93. The zero-order valence-electron chi connectivity index (χ0n) is 8.85. The second-order valence-corrected chi connectivity index (χ2v) is 4.11. The molecular weight excluding hydrogens is 212 g/mol. The Labute approximate surface area is 92.4 Å². The van der Waals surface area contributed by atoms with E-state index < -0.39 is 23.1 Å². The SMILES string of the molecule is NC(=O)c1c(F)cc2c(c1F)CCCCC2. The van der Waals surface area contributed by atoms with Crippen LogP contribution in [0.1, 0.15) is 40.7 Å². The Balaban J connectivity index is 2.60. The Hall–Kier alpha value is -1.45. The average molecular weight is 225 g/mol. The van der Waals surface area contributed by atoms with Crippen molar-refractivity contribution >= 4 is 5.91 Å². The summed E-state index contributed by atoms with van der Waals surface area (Å²) in [4.78, 5) is 11.0. The van der Waals surface area contributed by atoms with Crippen LogP contribution in [0.3, 0.4) is 0 Å². The fourth-order valence-electron chi connectivity index (χ4n) is 2.22. The van der Waals surface area contributed by atoms with Gasteiger partial charge in [0.05, 0.1) is 0 Å². The number of aryl methyl sites for hydroxylation is 1. The Morgan fingerprint density at radius 3 is 2.56 bits per heavy atom. The molecule has 1 aliphatic rings. The summed E-state index contributed by atoms with van der Waals surface area (Å²) in [5.74, 6) is -2.64. The van der Waals surface area contributed by atoms with Crippen LogP contribution in [0, 0.1) is 11.6 Å². The van der Waals surface area contributed by atoms with Crippen LogP contribution in [0.5, 0.6) is 0 Å². The van der Waals surface area contributed by atoms with Gasteiger partial charge in [-0.15, -0.1) is 0 Å². The van der Waals surface area contributed by atoms with Gasteiger partial charge in [-0.05, 0) is 42.9 Å². The first-order valence-electron chi connectivity index (χ1n) is 5.41. The number of benzene rings is 1. The summed E-state index contributed by atoms with van der Waals surface area (Å²) in [7, 11) is 0. The molecule has 0 radical (unpaired) electrons. The summed E-state index contributed by atoms with van der Waals surface area (Å²) in [5.41, 5.74) is 5.52. The lowest BCUT2D eigenvalue weighted by molar-refractivity contribution is 0.0992. The van der Waals surface area contributed by atoms with Crippen LogP contribution in [-0.4, -0.2) is 5.91 Å². The largest absolute Gasteiger partial charge is 0.365 e. The maximum absolute atomic E-state index is 13.9. The van der Waals surface area contributed by atoms with Gasteiger partial charge >= 0.3 is 0 Å². The molecule has 4 heteroatoms. The third-order valence-corrected chi connectivity index (χ3v) is 3.03. The van der Waals surface area contributed by atoms with Crippen molar-refractivity contribution in [2.75, 3.05) is 0 Å². The molecular formula is C12H13F2NO. The Kier molecular flexibility index (Phi) is 2.90. The molecule has 1 amide bonds. The molecule has 0 aromatic heterocycles. The third kappa shape index (κ3) is 1.79. The van der Waals surface area contributed by atoms with Gasteiger partial charge in [-0.1, -0.05) is 6.42 Å². The van der Waals surface area contributed by atoms with Crippen molar-refractivity contribution in [2.45, 2.75) is 32.1 Å². The monoisotopic (exact) mass is 225 g/mol. The van der Waals surface area contributed by atoms with Crippen LogP contribution in [-0.2, 0) is 12.8 Å². The normalized spacial score (nSPS) is 15.4. The summed E-state index contributed by atoms with van der Waals surface area (Å²) in [6.45, 7) is 0. The van der Waals surface area contributed by atoms with Crippen molar-refractivity contribution in [1.29, 1.82) is 0 Å². The fraction of sp³-hybridized carbons (Fsp3) is 0.417. The maximum Gasteiger partial charge on any atom is 0.254 e. The predicted octanol–water partition coefficient (Wildman–Crippen LogP) is 2.33. The van der Waals surface area contributed by atoms with Crippen LogP contribution in [0.15, 0.2) is 6.07 Å². The van der Waals surface area contributed by atoms with Gasteiger partial charge in [-0.2, -0.15) is 0 Å². The molecule has 0 spiro atoms. The van der Waals surface area contributed by atoms with Crippen molar-refractivity contribution in [3.63, 3.8) is 0 Å². The van der Waals surface area contributed by atoms with Crippen molar-refractivity contribution in [1.82, 2.24) is 0 Å². The topological polar surface area (TPSA) is 43.1 Å². The van der Waals surface area contributed by atoms with Crippen LogP contribution >= 0.6 is 0 Å². The standard InChI is InChI=1S/C12H13F2NO/c13-9-6-7-4-2-1-3-5-8(7)11(14)10(9)12(15)16/h6H,1-5H2,(H2,15,16). The number of primary amides is 1. The number of halogens is 2. The van der Waals surface area contributed by atoms with Gasteiger partial charge in [0.2, 0.25) is 0 Å². The number of carbonyl (C=O) groups is 1. The number of hydrogen-bond acceptors (Lipinski definition) is 1. The van der Waals surface area contributed by atoms with E-state index in [4.69, 9.17) is 5.73 Å². The number of carbonyl (C=O) groups excluding carboxylic acids is 1. The summed E-state index contributed by atoms with van der Waals surface area (Å²) < 4.78 is 27.4. The van der Waals surface area contributed by atoms with E-state index >= 15 is 0 Å². The number of hydrogen-bond donors (Lipinski definition) is 1. The number of rotatable bonds is 1. The smallest absolute Gasteiger partial charge is 0.254 e. The van der Waals surface area contributed by atoms with Crippen molar-refractivity contribution in [3.05, 3.63) is 34.4 Å². The third-order valence-electron chi connectivity index (χ3n) is 3.03. The molecule has 2 rings (SSSR count). The molecule has 0 saturated carbocycles. The van der Waals surface area contributed by atoms with Crippen LogP contribution in [0.4, 0.5) is 8.78 Å². The molecule has 1 aromatic carbocycles. The molecule has 1 aromatic rings. The van der Waals surface area contributed by atoms with Gasteiger partial charge in [0.1, 0.15) is 17.2 Å². The highest BCUT2D eigenvalue weighted by Gasteiger charge is 2.22. The molecule has 1 aliphatic carbocycles. The van der Waals surface area contributed by atoms with Gasteiger partial charge < -0.3 is 5.73 Å². The first-order chi connectivity index (χ1) is 7.61. The fourth-order valence-corrected chi connectivity index (χ4v) is 2.22. The van der Waals surface area contributed by atoms with Gasteiger partial charge in [0.25, 0.3) is 5.91 Å². The highest BCUT2D eigenvalue weighted by Crippen LogP contribution is 2.27. The highest BCUT2D eigenvalue weighted by atomic mass is 19.1.